The van der Waals surface area contributed by atoms with Crippen LogP contribution in [0.4, 0.5) is 5.69 Å². The lowest BCUT2D eigenvalue weighted by Gasteiger charge is -2.23. The first kappa shape index (κ1) is 18.3. The summed E-state index contributed by atoms with van der Waals surface area (Å²) in [6.07, 6.45) is 0. The molecule has 1 amide bonds. The highest BCUT2D eigenvalue weighted by atomic mass is 35.5. The van der Waals surface area contributed by atoms with Crippen LogP contribution in [0.3, 0.4) is 0 Å². The van der Waals surface area contributed by atoms with Crippen LogP contribution in [0.15, 0.2) is 77.8 Å². The number of hydrogen-bond donors (Lipinski definition) is 0. The maximum absolute atomic E-state index is 13.0. The summed E-state index contributed by atoms with van der Waals surface area (Å²) in [6, 6.07) is 23.2. The molecule has 0 fully saturated rings. The van der Waals surface area contributed by atoms with Crippen molar-refractivity contribution in [1.82, 2.24) is 0 Å². The van der Waals surface area contributed by atoms with E-state index >= 15 is 0 Å². The van der Waals surface area contributed by atoms with Crippen LogP contribution in [0.2, 0.25) is 5.02 Å². The molecular formula is C23H19ClN2O2. The van der Waals surface area contributed by atoms with E-state index in [1.54, 1.807) is 18.1 Å². The molecule has 140 valence electrons. The van der Waals surface area contributed by atoms with Crippen molar-refractivity contribution in [3.8, 4) is 5.75 Å². The van der Waals surface area contributed by atoms with E-state index in [1.807, 2.05) is 66.7 Å². The maximum Gasteiger partial charge on any atom is 0.248 e. The average Bonchev–Trinajstić information content (AvgIpc) is 2.85. The largest absolute Gasteiger partial charge is 0.497 e. The zero-order valence-corrected chi connectivity index (χ0v) is 16.2. The van der Waals surface area contributed by atoms with Crippen LogP contribution in [0.5, 0.6) is 5.75 Å². The van der Waals surface area contributed by atoms with Crippen LogP contribution in [0.1, 0.15) is 16.7 Å². The Morgan fingerprint density at radius 2 is 1.86 bits per heavy atom. The number of methoxy groups -OCH3 is 1. The SMILES string of the molecule is COc1cccc(CN2C(=O)CN=C(c3ccccc3)c3cc(Cl)ccc32)c1. The summed E-state index contributed by atoms with van der Waals surface area (Å²) in [6.45, 7) is 0.517. The lowest BCUT2D eigenvalue weighted by molar-refractivity contribution is -0.117. The molecule has 28 heavy (non-hydrogen) atoms. The summed E-state index contributed by atoms with van der Waals surface area (Å²) in [5.41, 5.74) is 4.38. The smallest absolute Gasteiger partial charge is 0.248 e. The summed E-state index contributed by atoms with van der Waals surface area (Å²) in [7, 11) is 1.63. The predicted octanol–water partition coefficient (Wildman–Crippen LogP) is 4.73. The van der Waals surface area contributed by atoms with Gasteiger partial charge < -0.3 is 9.64 Å². The van der Waals surface area contributed by atoms with Crippen LogP contribution in [0.25, 0.3) is 0 Å². The normalized spacial score (nSPS) is 13.6. The van der Waals surface area contributed by atoms with Gasteiger partial charge in [0.25, 0.3) is 0 Å². The van der Waals surface area contributed by atoms with Crippen molar-refractivity contribution in [3.05, 3.63) is 94.5 Å². The second kappa shape index (κ2) is 7.87. The van der Waals surface area contributed by atoms with Gasteiger partial charge in [0.2, 0.25) is 5.91 Å². The molecule has 1 aliphatic heterocycles. The van der Waals surface area contributed by atoms with Gasteiger partial charge in [-0.15, -0.1) is 0 Å². The molecule has 4 nitrogen and oxygen atoms in total. The van der Waals surface area contributed by atoms with Gasteiger partial charge in [0.1, 0.15) is 12.3 Å². The molecule has 0 unspecified atom stereocenters. The number of nitrogens with zero attached hydrogens (tertiary/aromatic N) is 2. The third-order valence-electron chi connectivity index (χ3n) is 4.70. The molecule has 0 aromatic heterocycles. The number of amides is 1. The van der Waals surface area contributed by atoms with Crippen molar-refractivity contribution in [1.29, 1.82) is 0 Å². The fourth-order valence-electron chi connectivity index (χ4n) is 3.35. The number of fused-ring (bicyclic) bond motifs is 1. The number of ether oxygens (including phenoxy) is 1. The molecule has 4 rings (SSSR count). The van der Waals surface area contributed by atoms with Gasteiger partial charge in [0.05, 0.1) is 25.1 Å². The molecule has 0 aliphatic carbocycles. The second-order valence-electron chi connectivity index (χ2n) is 6.52. The number of rotatable bonds is 4. The number of benzodiazepines with no additional fused rings is 1. The van der Waals surface area contributed by atoms with Gasteiger partial charge in [0, 0.05) is 16.1 Å². The minimum atomic E-state index is -0.0580. The Morgan fingerprint density at radius 3 is 2.64 bits per heavy atom. The summed E-state index contributed by atoms with van der Waals surface area (Å²) in [4.78, 5) is 19.3. The molecule has 0 saturated heterocycles. The molecule has 0 saturated carbocycles. The van der Waals surface area contributed by atoms with E-state index in [1.165, 1.54) is 0 Å². The molecule has 1 heterocycles. The van der Waals surface area contributed by atoms with Gasteiger partial charge in [0.15, 0.2) is 0 Å². The molecule has 5 heteroatoms. The van der Waals surface area contributed by atoms with Gasteiger partial charge in [-0.3, -0.25) is 9.79 Å². The molecule has 1 aliphatic rings. The van der Waals surface area contributed by atoms with Gasteiger partial charge >= 0.3 is 0 Å². The van der Waals surface area contributed by atoms with Crippen molar-refractivity contribution in [3.63, 3.8) is 0 Å². The van der Waals surface area contributed by atoms with E-state index in [0.29, 0.717) is 11.6 Å². The molecule has 3 aromatic carbocycles. The molecule has 0 radical (unpaired) electrons. The van der Waals surface area contributed by atoms with Crippen molar-refractivity contribution in [2.45, 2.75) is 6.54 Å². The van der Waals surface area contributed by atoms with Crippen LogP contribution < -0.4 is 9.64 Å². The van der Waals surface area contributed by atoms with Crippen LogP contribution in [-0.4, -0.2) is 25.3 Å². The highest BCUT2D eigenvalue weighted by molar-refractivity contribution is 6.32. The van der Waals surface area contributed by atoms with Gasteiger partial charge in [-0.25, -0.2) is 0 Å². The molecule has 3 aromatic rings. The van der Waals surface area contributed by atoms with E-state index < -0.39 is 0 Å². The number of carbonyl (C=O) groups excluding carboxylic acids is 1. The van der Waals surface area contributed by atoms with Crippen LogP contribution >= 0.6 is 11.6 Å². The minimum Gasteiger partial charge on any atom is -0.497 e. The Morgan fingerprint density at radius 1 is 1.04 bits per heavy atom. The topological polar surface area (TPSA) is 41.9 Å². The van der Waals surface area contributed by atoms with E-state index in [-0.39, 0.29) is 12.5 Å². The quantitative estimate of drug-likeness (QED) is 0.646. The molecule has 0 spiro atoms. The summed E-state index contributed by atoms with van der Waals surface area (Å²) >= 11 is 6.29. The Kier molecular flexibility index (Phi) is 5.13. The van der Waals surface area contributed by atoms with E-state index in [9.17, 15) is 4.79 Å². The molecule has 0 atom stereocenters. The lowest BCUT2D eigenvalue weighted by Crippen LogP contribution is -2.31. The van der Waals surface area contributed by atoms with E-state index in [4.69, 9.17) is 16.3 Å². The zero-order valence-electron chi connectivity index (χ0n) is 15.4. The fourth-order valence-corrected chi connectivity index (χ4v) is 3.53. The first-order valence-electron chi connectivity index (χ1n) is 8.99. The number of anilines is 1. The summed E-state index contributed by atoms with van der Waals surface area (Å²) < 4.78 is 5.31. The third kappa shape index (κ3) is 3.64. The second-order valence-corrected chi connectivity index (χ2v) is 6.96. The first-order valence-corrected chi connectivity index (χ1v) is 9.36. The summed E-state index contributed by atoms with van der Waals surface area (Å²) in [5, 5.41) is 0.609. The standard InChI is InChI=1S/C23H19ClN2O2/c1-28-19-9-5-6-16(12-19)15-26-21-11-10-18(24)13-20(21)23(25-14-22(26)27)17-7-3-2-4-8-17/h2-13H,14-15H2,1H3. The van der Waals surface area contributed by atoms with Crippen molar-refractivity contribution >= 4 is 28.9 Å². The zero-order chi connectivity index (χ0) is 19.5. The first-order chi connectivity index (χ1) is 13.7. The fraction of sp³-hybridized carbons (Fsp3) is 0.130. The van der Waals surface area contributed by atoms with Crippen molar-refractivity contribution in [2.24, 2.45) is 4.99 Å². The van der Waals surface area contributed by atoms with Crippen LogP contribution in [-0.2, 0) is 11.3 Å². The Hall–Kier alpha value is -3.11. The maximum atomic E-state index is 13.0. The Balaban J connectivity index is 1.79. The number of benzene rings is 3. The van der Waals surface area contributed by atoms with E-state index in [0.717, 1.165) is 33.8 Å². The van der Waals surface area contributed by atoms with Crippen LogP contribution in [0, 0.1) is 0 Å². The molecule has 0 N–H and O–H groups in total. The predicted molar refractivity (Wildman–Crippen MR) is 113 cm³/mol. The summed E-state index contributed by atoms with van der Waals surface area (Å²) in [5.74, 6) is 0.703. The Bertz CT molecular complexity index is 1050. The van der Waals surface area contributed by atoms with Gasteiger partial charge in [-0.2, -0.15) is 0 Å². The van der Waals surface area contributed by atoms with Gasteiger partial charge in [-0.05, 0) is 35.9 Å². The Labute approximate surface area is 169 Å². The number of aliphatic imine (C=N–C) groups is 1. The molecule has 0 bridgehead atoms. The average molecular weight is 391 g/mol. The van der Waals surface area contributed by atoms with Crippen molar-refractivity contribution < 1.29 is 9.53 Å². The number of halogens is 1. The number of carbonyl (C=O) groups is 1. The highest BCUT2D eigenvalue weighted by Gasteiger charge is 2.25. The molecular weight excluding hydrogens is 372 g/mol. The van der Waals surface area contributed by atoms with E-state index in [2.05, 4.69) is 4.99 Å². The monoisotopic (exact) mass is 390 g/mol. The third-order valence-corrected chi connectivity index (χ3v) is 4.94. The highest BCUT2D eigenvalue weighted by Crippen LogP contribution is 2.31. The van der Waals surface area contributed by atoms with Gasteiger partial charge in [-0.1, -0.05) is 54.1 Å². The van der Waals surface area contributed by atoms with Crippen molar-refractivity contribution in [2.75, 3.05) is 18.6 Å². The minimum absolute atomic E-state index is 0.0580. The number of hydrogen-bond acceptors (Lipinski definition) is 3. The lowest BCUT2D eigenvalue weighted by atomic mass is 10.00.